The number of carbonyl (C=O) groups excluding carboxylic acids is 1. The van der Waals surface area contributed by atoms with E-state index in [1.807, 2.05) is 18.2 Å². The predicted octanol–water partition coefficient (Wildman–Crippen LogP) is -0.708. The molecule has 0 atom stereocenters. The zero-order chi connectivity index (χ0) is 12.9. The van der Waals surface area contributed by atoms with Crippen LogP contribution in [0.15, 0.2) is 24.3 Å². The van der Waals surface area contributed by atoms with Crippen molar-refractivity contribution in [1.29, 1.82) is 0 Å². The van der Waals surface area contributed by atoms with Crippen LogP contribution >= 0.6 is 11.6 Å². The molecular formula is C13H19ClINO2. The summed E-state index contributed by atoms with van der Waals surface area (Å²) < 4.78 is 6.00. The van der Waals surface area contributed by atoms with Crippen LogP contribution in [0, 0.1) is 0 Å². The van der Waals surface area contributed by atoms with Gasteiger partial charge in [0.05, 0.1) is 26.7 Å². The minimum atomic E-state index is -0.297. The van der Waals surface area contributed by atoms with E-state index in [0.29, 0.717) is 18.1 Å². The highest BCUT2D eigenvalue weighted by molar-refractivity contribution is 6.17. The van der Waals surface area contributed by atoms with E-state index in [9.17, 15) is 4.79 Å². The van der Waals surface area contributed by atoms with E-state index < -0.39 is 0 Å². The van der Waals surface area contributed by atoms with Gasteiger partial charge in [0, 0.05) is 5.88 Å². The van der Waals surface area contributed by atoms with Crippen molar-refractivity contribution in [2.24, 2.45) is 0 Å². The van der Waals surface area contributed by atoms with Crippen molar-refractivity contribution in [2.75, 3.05) is 34.3 Å². The summed E-state index contributed by atoms with van der Waals surface area (Å²) in [4.78, 5) is 11.8. The van der Waals surface area contributed by atoms with E-state index in [4.69, 9.17) is 16.3 Å². The number of ether oxygens (including phenoxy) is 1. The summed E-state index contributed by atoms with van der Waals surface area (Å²) in [5.41, 5.74) is 1.37. The maximum Gasteiger partial charge on any atom is 0.338 e. The Balaban J connectivity index is 0.00000289. The molecule has 0 N–H and O–H groups in total. The van der Waals surface area contributed by atoms with Gasteiger partial charge in [0.1, 0.15) is 13.2 Å². The van der Waals surface area contributed by atoms with E-state index in [2.05, 4.69) is 21.1 Å². The quantitative estimate of drug-likeness (QED) is 0.291. The molecule has 0 saturated heterocycles. The van der Waals surface area contributed by atoms with E-state index >= 15 is 0 Å². The molecule has 0 amide bonds. The number of hydrogen-bond acceptors (Lipinski definition) is 2. The van der Waals surface area contributed by atoms with Gasteiger partial charge in [-0.2, -0.15) is 0 Å². The SMILES string of the molecule is C[N+](C)(C)CCOC(=O)c1ccccc1CCl.[I-]. The molecule has 0 unspecified atom stereocenters. The van der Waals surface area contributed by atoms with Crippen molar-refractivity contribution in [1.82, 2.24) is 0 Å². The number of alkyl halides is 1. The Morgan fingerprint density at radius 3 is 2.44 bits per heavy atom. The molecule has 0 aliphatic carbocycles. The third-order valence-electron chi connectivity index (χ3n) is 2.38. The number of nitrogens with zero attached hydrogens (tertiary/aromatic N) is 1. The summed E-state index contributed by atoms with van der Waals surface area (Å²) in [5.74, 6) is 0.0235. The number of hydrogen-bond donors (Lipinski definition) is 0. The first-order valence-corrected chi connectivity index (χ1v) is 6.09. The van der Waals surface area contributed by atoms with Gasteiger partial charge in [-0.25, -0.2) is 4.79 Å². The Morgan fingerprint density at radius 2 is 1.89 bits per heavy atom. The third-order valence-corrected chi connectivity index (χ3v) is 2.66. The maximum atomic E-state index is 11.8. The van der Waals surface area contributed by atoms with Gasteiger partial charge in [-0.15, -0.1) is 11.6 Å². The van der Waals surface area contributed by atoms with Gasteiger partial charge < -0.3 is 33.2 Å². The van der Waals surface area contributed by atoms with Gasteiger partial charge in [-0.05, 0) is 11.6 Å². The molecule has 5 heteroatoms. The van der Waals surface area contributed by atoms with Gasteiger partial charge in [-0.1, -0.05) is 18.2 Å². The molecule has 3 nitrogen and oxygen atoms in total. The number of quaternary nitrogens is 1. The Bertz CT molecular complexity index is 391. The van der Waals surface area contributed by atoms with Crippen LogP contribution in [0.2, 0.25) is 0 Å². The van der Waals surface area contributed by atoms with Crippen molar-refractivity contribution < 1.29 is 38.0 Å². The van der Waals surface area contributed by atoms with Crippen LogP contribution in [0.4, 0.5) is 0 Å². The van der Waals surface area contributed by atoms with Crippen molar-refractivity contribution >= 4 is 17.6 Å². The number of benzene rings is 1. The highest BCUT2D eigenvalue weighted by atomic mass is 127. The van der Waals surface area contributed by atoms with E-state index in [0.717, 1.165) is 16.6 Å². The third kappa shape index (κ3) is 6.02. The molecule has 0 aliphatic heterocycles. The number of halogens is 2. The van der Waals surface area contributed by atoms with Crippen molar-refractivity contribution in [2.45, 2.75) is 5.88 Å². The topological polar surface area (TPSA) is 26.3 Å². The predicted molar refractivity (Wildman–Crippen MR) is 69.2 cm³/mol. The van der Waals surface area contributed by atoms with Crippen molar-refractivity contribution in [3.8, 4) is 0 Å². The van der Waals surface area contributed by atoms with Gasteiger partial charge in [0.15, 0.2) is 0 Å². The molecular weight excluding hydrogens is 365 g/mol. The van der Waals surface area contributed by atoms with Crippen molar-refractivity contribution in [3.05, 3.63) is 35.4 Å². The molecule has 18 heavy (non-hydrogen) atoms. The smallest absolute Gasteiger partial charge is 0.338 e. The van der Waals surface area contributed by atoms with Gasteiger partial charge in [0.2, 0.25) is 0 Å². The second-order valence-corrected chi connectivity index (χ2v) is 5.21. The number of rotatable bonds is 5. The lowest BCUT2D eigenvalue weighted by atomic mass is 10.1. The summed E-state index contributed by atoms with van der Waals surface area (Å²) in [5, 5.41) is 0. The van der Waals surface area contributed by atoms with E-state index in [1.54, 1.807) is 6.07 Å². The Morgan fingerprint density at radius 1 is 1.28 bits per heavy atom. The standard InChI is InChI=1S/C13H19ClNO2.HI/c1-15(2,3)8-9-17-13(16)12-7-5-4-6-11(12)10-14;/h4-7H,8-10H2,1-3H3;1H/q+1;/p-1. The van der Waals surface area contributed by atoms with Crippen LogP contribution < -0.4 is 24.0 Å². The zero-order valence-electron chi connectivity index (χ0n) is 11.0. The number of likely N-dealkylation sites (N-methyl/N-ethyl adjacent to an activating group) is 1. The van der Waals surface area contributed by atoms with Crippen LogP contribution in [-0.2, 0) is 10.6 Å². The molecule has 102 valence electrons. The van der Waals surface area contributed by atoms with Gasteiger partial charge >= 0.3 is 5.97 Å². The molecule has 0 radical (unpaired) electrons. The second-order valence-electron chi connectivity index (χ2n) is 4.94. The summed E-state index contributed by atoms with van der Waals surface area (Å²) in [7, 11) is 6.17. The monoisotopic (exact) mass is 383 g/mol. The highest BCUT2D eigenvalue weighted by Crippen LogP contribution is 2.12. The number of esters is 1. The minimum absolute atomic E-state index is 0. The first-order valence-electron chi connectivity index (χ1n) is 5.55. The van der Waals surface area contributed by atoms with Crippen LogP contribution in [0.1, 0.15) is 15.9 Å². The van der Waals surface area contributed by atoms with Gasteiger partial charge in [0.25, 0.3) is 0 Å². The van der Waals surface area contributed by atoms with Crippen LogP contribution in [-0.4, -0.2) is 44.7 Å². The molecule has 0 heterocycles. The number of carbonyl (C=O) groups is 1. The molecule has 0 saturated carbocycles. The minimum Gasteiger partial charge on any atom is -1.00 e. The normalized spacial score (nSPS) is 10.7. The first kappa shape index (κ1) is 17.7. The maximum absolute atomic E-state index is 11.8. The van der Waals surface area contributed by atoms with E-state index in [-0.39, 0.29) is 29.9 Å². The van der Waals surface area contributed by atoms with Crippen LogP contribution in [0.3, 0.4) is 0 Å². The molecule has 0 aliphatic rings. The Kier molecular flexibility index (Phi) is 7.82. The first-order chi connectivity index (χ1) is 7.94. The summed E-state index contributed by atoms with van der Waals surface area (Å²) in [6.45, 7) is 1.20. The average molecular weight is 384 g/mol. The lowest BCUT2D eigenvalue weighted by Crippen LogP contribution is -3.00. The summed E-state index contributed by atoms with van der Waals surface area (Å²) in [6.07, 6.45) is 0. The Labute approximate surface area is 131 Å². The molecule has 0 fully saturated rings. The molecule has 0 aromatic heterocycles. The highest BCUT2D eigenvalue weighted by Gasteiger charge is 2.13. The van der Waals surface area contributed by atoms with Gasteiger partial charge in [-0.3, -0.25) is 0 Å². The van der Waals surface area contributed by atoms with E-state index in [1.165, 1.54) is 0 Å². The summed E-state index contributed by atoms with van der Waals surface area (Å²) in [6, 6.07) is 7.25. The fourth-order valence-corrected chi connectivity index (χ4v) is 1.56. The van der Waals surface area contributed by atoms with Crippen LogP contribution in [0.25, 0.3) is 0 Å². The largest absolute Gasteiger partial charge is 1.00 e. The molecule has 1 rings (SSSR count). The molecule has 0 bridgehead atoms. The lowest BCUT2D eigenvalue weighted by molar-refractivity contribution is -0.870. The fraction of sp³-hybridized carbons (Fsp3) is 0.462. The molecule has 1 aromatic rings. The fourth-order valence-electron chi connectivity index (χ4n) is 1.33. The molecule has 1 aromatic carbocycles. The molecule has 0 spiro atoms. The Hall–Kier alpha value is -0.330. The average Bonchev–Trinajstić information content (AvgIpc) is 2.27. The van der Waals surface area contributed by atoms with Crippen molar-refractivity contribution in [3.63, 3.8) is 0 Å². The lowest BCUT2D eigenvalue weighted by Gasteiger charge is -2.23. The second kappa shape index (κ2) is 7.96. The summed E-state index contributed by atoms with van der Waals surface area (Å²) >= 11 is 5.77. The van der Waals surface area contributed by atoms with Crippen LogP contribution in [0.5, 0.6) is 0 Å². The zero-order valence-corrected chi connectivity index (χ0v) is 13.9.